The minimum atomic E-state index is -0.0658. The highest BCUT2D eigenvalue weighted by Crippen LogP contribution is 2.31. The standard InChI is InChI=1S/C19H18O4/c1-13-4-2-3-5-15(13)17(21)8-7-16(20)14-6-9-18-19(12-14)23-11-10-22-18/h2-6,9,12H,7-8,10-11H2,1H3. The number of hydrogen-bond acceptors (Lipinski definition) is 4. The van der Waals surface area contributed by atoms with E-state index in [2.05, 4.69) is 0 Å². The Morgan fingerprint density at radius 1 is 0.913 bits per heavy atom. The summed E-state index contributed by atoms with van der Waals surface area (Å²) in [6, 6.07) is 12.6. The number of Topliss-reactive ketones (excluding diaryl/α,β-unsaturated/α-hetero) is 2. The second-order valence-corrected chi connectivity index (χ2v) is 5.52. The molecular weight excluding hydrogens is 292 g/mol. The largest absolute Gasteiger partial charge is 0.486 e. The van der Waals surface area contributed by atoms with Crippen LogP contribution >= 0.6 is 0 Å². The Balaban J connectivity index is 1.66. The SMILES string of the molecule is Cc1ccccc1C(=O)CCC(=O)c1ccc2c(c1)OCCO2. The van der Waals surface area contributed by atoms with Crippen LogP contribution in [0, 0.1) is 6.92 Å². The van der Waals surface area contributed by atoms with Crippen LogP contribution in [0.25, 0.3) is 0 Å². The summed E-state index contributed by atoms with van der Waals surface area (Å²) in [6.45, 7) is 2.90. The number of rotatable bonds is 5. The summed E-state index contributed by atoms with van der Waals surface area (Å²) >= 11 is 0. The normalized spacial score (nSPS) is 12.7. The van der Waals surface area contributed by atoms with E-state index in [0.29, 0.717) is 35.8 Å². The van der Waals surface area contributed by atoms with Gasteiger partial charge in [0.05, 0.1) is 0 Å². The first-order chi connectivity index (χ1) is 11.1. The molecule has 1 aliphatic heterocycles. The minimum absolute atomic E-state index is 0.00556. The molecule has 23 heavy (non-hydrogen) atoms. The van der Waals surface area contributed by atoms with Crippen molar-refractivity contribution in [3.8, 4) is 11.5 Å². The van der Waals surface area contributed by atoms with Gasteiger partial charge in [-0.05, 0) is 30.7 Å². The molecule has 118 valence electrons. The predicted molar refractivity (Wildman–Crippen MR) is 86.5 cm³/mol. The van der Waals surface area contributed by atoms with Crippen molar-refractivity contribution in [1.82, 2.24) is 0 Å². The lowest BCUT2D eigenvalue weighted by Gasteiger charge is -2.18. The van der Waals surface area contributed by atoms with Crippen LogP contribution in [0.1, 0.15) is 39.1 Å². The van der Waals surface area contributed by atoms with E-state index in [1.165, 1.54) is 0 Å². The molecule has 0 saturated carbocycles. The van der Waals surface area contributed by atoms with E-state index in [0.717, 1.165) is 5.56 Å². The highest BCUT2D eigenvalue weighted by molar-refractivity contribution is 6.03. The van der Waals surface area contributed by atoms with E-state index >= 15 is 0 Å². The topological polar surface area (TPSA) is 52.6 Å². The number of carbonyl (C=O) groups is 2. The zero-order valence-corrected chi connectivity index (χ0v) is 13.0. The Labute approximate surface area is 135 Å². The number of fused-ring (bicyclic) bond motifs is 1. The van der Waals surface area contributed by atoms with Crippen molar-refractivity contribution in [3.05, 3.63) is 59.2 Å². The van der Waals surface area contributed by atoms with Gasteiger partial charge in [0.1, 0.15) is 13.2 Å². The van der Waals surface area contributed by atoms with Crippen LogP contribution < -0.4 is 9.47 Å². The van der Waals surface area contributed by atoms with Gasteiger partial charge in [0.2, 0.25) is 0 Å². The number of aryl methyl sites for hydroxylation is 1. The third-order valence-corrected chi connectivity index (χ3v) is 3.89. The number of benzene rings is 2. The van der Waals surface area contributed by atoms with Crippen molar-refractivity contribution < 1.29 is 19.1 Å². The monoisotopic (exact) mass is 310 g/mol. The van der Waals surface area contributed by atoms with E-state index in [4.69, 9.17) is 9.47 Å². The van der Waals surface area contributed by atoms with Crippen LogP contribution in [0.15, 0.2) is 42.5 Å². The second-order valence-electron chi connectivity index (χ2n) is 5.52. The van der Waals surface area contributed by atoms with Crippen molar-refractivity contribution in [2.75, 3.05) is 13.2 Å². The molecule has 0 saturated heterocycles. The van der Waals surface area contributed by atoms with Crippen LogP contribution in [0.4, 0.5) is 0 Å². The number of hydrogen-bond donors (Lipinski definition) is 0. The molecule has 1 aliphatic rings. The zero-order chi connectivity index (χ0) is 16.2. The molecule has 2 aromatic rings. The predicted octanol–water partition coefficient (Wildman–Crippen LogP) is 3.61. The average molecular weight is 310 g/mol. The summed E-state index contributed by atoms with van der Waals surface area (Å²) in [6.07, 6.45) is 0.394. The van der Waals surface area contributed by atoms with Gasteiger partial charge in [-0.15, -0.1) is 0 Å². The van der Waals surface area contributed by atoms with Crippen molar-refractivity contribution in [2.45, 2.75) is 19.8 Å². The van der Waals surface area contributed by atoms with Gasteiger partial charge in [-0.3, -0.25) is 9.59 Å². The van der Waals surface area contributed by atoms with Crippen LogP contribution in [-0.4, -0.2) is 24.8 Å². The highest BCUT2D eigenvalue weighted by Gasteiger charge is 2.16. The molecule has 0 N–H and O–H groups in total. The lowest BCUT2D eigenvalue weighted by molar-refractivity contribution is 0.0916. The maximum absolute atomic E-state index is 12.3. The molecule has 0 bridgehead atoms. The molecule has 0 spiro atoms. The van der Waals surface area contributed by atoms with E-state index in [1.807, 2.05) is 25.1 Å². The first-order valence-corrected chi connectivity index (χ1v) is 7.67. The molecule has 4 nitrogen and oxygen atoms in total. The maximum Gasteiger partial charge on any atom is 0.163 e. The Bertz CT molecular complexity index is 749. The number of ether oxygens (including phenoxy) is 2. The summed E-state index contributed by atoms with van der Waals surface area (Å²) in [5.41, 5.74) is 2.17. The van der Waals surface area contributed by atoms with Gasteiger partial charge in [-0.2, -0.15) is 0 Å². The molecule has 0 aliphatic carbocycles. The fourth-order valence-electron chi connectivity index (χ4n) is 2.61. The Hall–Kier alpha value is -2.62. The summed E-state index contributed by atoms with van der Waals surface area (Å²) in [5, 5.41) is 0. The van der Waals surface area contributed by atoms with Gasteiger partial charge < -0.3 is 9.47 Å². The van der Waals surface area contributed by atoms with Crippen LogP contribution in [0.3, 0.4) is 0 Å². The molecule has 0 fully saturated rings. The van der Waals surface area contributed by atoms with Gasteiger partial charge >= 0.3 is 0 Å². The van der Waals surface area contributed by atoms with Crippen molar-refractivity contribution in [2.24, 2.45) is 0 Å². The maximum atomic E-state index is 12.3. The van der Waals surface area contributed by atoms with Gasteiger partial charge in [0.25, 0.3) is 0 Å². The first-order valence-electron chi connectivity index (χ1n) is 7.67. The third-order valence-electron chi connectivity index (χ3n) is 3.89. The smallest absolute Gasteiger partial charge is 0.163 e. The zero-order valence-electron chi connectivity index (χ0n) is 13.0. The third kappa shape index (κ3) is 3.42. The van der Waals surface area contributed by atoms with Crippen molar-refractivity contribution >= 4 is 11.6 Å². The fraction of sp³-hybridized carbons (Fsp3) is 0.263. The van der Waals surface area contributed by atoms with Crippen molar-refractivity contribution in [3.63, 3.8) is 0 Å². The Morgan fingerprint density at radius 3 is 2.39 bits per heavy atom. The molecule has 0 radical (unpaired) electrons. The minimum Gasteiger partial charge on any atom is -0.486 e. The van der Waals surface area contributed by atoms with E-state index in [1.54, 1.807) is 24.3 Å². The van der Waals surface area contributed by atoms with Gasteiger partial charge in [0.15, 0.2) is 23.1 Å². The summed E-state index contributed by atoms with van der Waals surface area (Å²) in [5.74, 6) is 1.18. The quantitative estimate of drug-likeness (QED) is 0.792. The van der Waals surface area contributed by atoms with E-state index in [9.17, 15) is 9.59 Å². The number of ketones is 2. The summed E-state index contributed by atoms with van der Waals surface area (Å²) < 4.78 is 10.9. The molecule has 4 heteroatoms. The molecule has 0 atom stereocenters. The Morgan fingerprint density at radius 2 is 1.61 bits per heavy atom. The van der Waals surface area contributed by atoms with Gasteiger partial charge in [-0.25, -0.2) is 0 Å². The summed E-state index contributed by atoms with van der Waals surface area (Å²) in [7, 11) is 0. The van der Waals surface area contributed by atoms with Crippen LogP contribution in [0.5, 0.6) is 11.5 Å². The summed E-state index contributed by atoms with van der Waals surface area (Å²) in [4.78, 5) is 24.5. The Kier molecular flexibility index (Phi) is 4.42. The van der Waals surface area contributed by atoms with E-state index < -0.39 is 0 Å². The lowest BCUT2D eigenvalue weighted by atomic mass is 9.98. The van der Waals surface area contributed by atoms with Gasteiger partial charge in [-0.1, -0.05) is 24.3 Å². The van der Waals surface area contributed by atoms with Gasteiger partial charge in [0, 0.05) is 24.0 Å². The average Bonchev–Trinajstić information content (AvgIpc) is 2.59. The van der Waals surface area contributed by atoms with E-state index in [-0.39, 0.29) is 24.4 Å². The molecule has 1 heterocycles. The molecule has 2 aromatic carbocycles. The lowest BCUT2D eigenvalue weighted by Crippen LogP contribution is -2.16. The second kappa shape index (κ2) is 6.65. The van der Waals surface area contributed by atoms with Crippen LogP contribution in [0.2, 0.25) is 0 Å². The molecule has 0 unspecified atom stereocenters. The molecule has 3 rings (SSSR count). The molecular formula is C19H18O4. The first kappa shape index (κ1) is 15.3. The molecule has 0 amide bonds. The van der Waals surface area contributed by atoms with Crippen molar-refractivity contribution in [1.29, 1.82) is 0 Å². The highest BCUT2D eigenvalue weighted by atomic mass is 16.6. The van der Waals surface area contributed by atoms with Crippen LogP contribution in [-0.2, 0) is 0 Å². The number of carbonyl (C=O) groups excluding carboxylic acids is 2. The fourth-order valence-corrected chi connectivity index (χ4v) is 2.61. The molecule has 0 aromatic heterocycles.